The van der Waals surface area contributed by atoms with Crippen LogP contribution >= 0.6 is 11.6 Å². The van der Waals surface area contributed by atoms with Crippen molar-refractivity contribution < 1.29 is 18.7 Å². The van der Waals surface area contributed by atoms with Crippen LogP contribution in [0.15, 0.2) is 16.7 Å². The summed E-state index contributed by atoms with van der Waals surface area (Å²) in [6, 6.07) is 3.46. The molecule has 1 N–H and O–H groups in total. The molecule has 0 saturated carbocycles. The van der Waals surface area contributed by atoms with Gasteiger partial charge in [0.25, 0.3) is 5.89 Å². The lowest BCUT2D eigenvalue weighted by atomic mass is 10.2. The molecule has 1 atom stereocenters. The van der Waals surface area contributed by atoms with Gasteiger partial charge in [-0.2, -0.15) is 4.98 Å². The van der Waals surface area contributed by atoms with Gasteiger partial charge in [0.15, 0.2) is 11.5 Å². The van der Waals surface area contributed by atoms with Crippen LogP contribution in [0.2, 0.25) is 5.02 Å². The molecule has 3 rings (SSSR count). The van der Waals surface area contributed by atoms with Crippen molar-refractivity contribution in [2.75, 3.05) is 33.9 Å². The van der Waals surface area contributed by atoms with Gasteiger partial charge < -0.3 is 24.1 Å². The molecule has 1 aliphatic rings. The van der Waals surface area contributed by atoms with Crippen LogP contribution in [-0.2, 0) is 4.74 Å². The lowest BCUT2D eigenvalue weighted by Crippen LogP contribution is -2.33. The van der Waals surface area contributed by atoms with Gasteiger partial charge in [-0.3, -0.25) is 0 Å². The van der Waals surface area contributed by atoms with Gasteiger partial charge in [-0.1, -0.05) is 16.8 Å². The van der Waals surface area contributed by atoms with E-state index < -0.39 is 0 Å². The third-order valence-electron chi connectivity index (χ3n) is 3.34. The molecule has 0 spiro atoms. The Bertz CT molecular complexity index is 656. The minimum absolute atomic E-state index is 0.231. The number of aromatic nitrogens is 2. The quantitative estimate of drug-likeness (QED) is 0.921. The molecule has 118 valence electrons. The highest BCUT2D eigenvalue weighted by Crippen LogP contribution is 2.38. The van der Waals surface area contributed by atoms with E-state index in [9.17, 15) is 0 Å². The highest BCUT2D eigenvalue weighted by atomic mass is 35.5. The Morgan fingerprint density at radius 1 is 1.32 bits per heavy atom. The van der Waals surface area contributed by atoms with Gasteiger partial charge in [-0.05, 0) is 12.1 Å². The van der Waals surface area contributed by atoms with Crippen molar-refractivity contribution in [2.45, 2.75) is 6.10 Å². The Kier molecular flexibility index (Phi) is 4.47. The van der Waals surface area contributed by atoms with E-state index in [2.05, 4.69) is 15.5 Å². The second kappa shape index (κ2) is 6.51. The Morgan fingerprint density at radius 3 is 2.86 bits per heavy atom. The van der Waals surface area contributed by atoms with E-state index in [0.717, 1.165) is 6.54 Å². The number of halogens is 1. The zero-order chi connectivity index (χ0) is 15.5. The van der Waals surface area contributed by atoms with Crippen LogP contribution in [0.25, 0.3) is 11.4 Å². The Hall–Kier alpha value is -1.83. The summed E-state index contributed by atoms with van der Waals surface area (Å²) < 4.78 is 21.4. The number of nitrogens with one attached hydrogen (secondary N) is 1. The molecule has 7 nitrogen and oxygen atoms in total. The maximum absolute atomic E-state index is 6.19. The predicted octanol–water partition coefficient (Wildman–Crippen LogP) is 2.07. The summed E-state index contributed by atoms with van der Waals surface area (Å²) in [7, 11) is 3.07. The first-order chi connectivity index (χ1) is 10.7. The zero-order valence-electron chi connectivity index (χ0n) is 12.3. The highest BCUT2D eigenvalue weighted by molar-refractivity contribution is 6.32. The van der Waals surface area contributed by atoms with Crippen LogP contribution in [0.1, 0.15) is 12.0 Å². The Morgan fingerprint density at radius 2 is 2.18 bits per heavy atom. The fourth-order valence-electron chi connectivity index (χ4n) is 2.25. The molecule has 8 heteroatoms. The van der Waals surface area contributed by atoms with E-state index in [1.165, 1.54) is 7.11 Å². The van der Waals surface area contributed by atoms with Gasteiger partial charge >= 0.3 is 0 Å². The van der Waals surface area contributed by atoms with E-state index in [1.807, 2.05) is 0 Å². The fraction of sp³-hybridized carbons (Fsp3) is 0.429. The van der Waals surface area contributed by atoms with Gasteiger partial charge in [0.05, 0.1) is 25.8 Å². The van der Waals surface area contributed by atoms with E-state index in [0.29, 0.717) is 47.0 Å². The van der Waals surface area contributed by atoms with Crippen LogP contribution in [0.5, 0.6) is 11.5 Å². The number of hydrogen-bond acceptors (Lipinski definition) is 7. The van der Waals surface area contributed by atoms with Crippen molar-refractivity contribution in [1.29, 1.82) is 0 Å². The molecule has 0 radical (unpaired) electrons. The standard InChI is InChI=1S/C14H16ClN3O4/c1-19-10-6-8(5-9(15)12(10)20-2)13-17-14(22-18-13)11-7-16-3-4-21-11/h5-6,11,16H,3-4,7H2,1-2H3. The van der Waals surface area contributed by atoms with Crippen molar-refractivity contribution in [3.05, 3.63) is 23.0 Å². The molecule has 1 aromatic heterocycles. The van der Waals surface area contributed by atoms with E-state index in [-0.39, 0.29) is 6.10 Å². The second-order valence-corrected chi connectivity index (χ2v) is 5.12. The zero-order valence-corrected chi connectivity index (χ0v) is 13.0. The number of benzene rings is 1. The molecule has 1 saturated heterocycles. The van der Waals surface area contributed by atoms with Gasteiger partial charge in [0.1, 0.15) is 6.10 Å². The number of methoxy groups -OCH3 is 2. The van der Waals surface area contributed by atoms with Crippen LogP contribution in [0, 0.1) is 0 Å². The summed E-state index contributed by atoms with van der Waals surface area (Å²) in [5, 5.41) is 7.61. The number of morpholine rings is 1. The van der Waals surface area contributed by atoms with Crippen LogP contribution in [0.3, 0.4) is 0 Å². The van der Waals surface area contributed by atoms with E-state index in [4.69, 9.17) is 30.3 Å². The lowest BCUT2D eigenvalue weighted by Gasteiger charge is -2.19. The monoisotopic (exact) mass is 325 g/mol. The summed E-state index contributed by atoms with van der Waals surface area (Å²) in [5.74, 6) is 1.84. The molecule has 0 bridgehead atoms. The fourth-order valence-corrected chi connectivity index (χ4v) is 2.54. The summed E-state index contributed by atoms with van der Waals surface area (Å²) in [5.41, 5.74) is 0.682. The molecule has 1 unspecified atom stereocenters. The van der Waals surface area contributed by atoms with Crippen LogP contribution < -0.4 is 14.8 Å². The van der Waals surface area contributed by atoms with Crippen molar-refractivity contribution in [3.8, 4) is 22.9 Å². The predicted molar refractivity (Wildman–Crippen MR) is 79.4 cm³/mol. The summed E-state index contributed by atoms with van der Waals surface area (Å²) in [6.07, 6.45) is -0.231. The van der Waals surface area contributed by atoms with Gasteiger partial charge in [-0.25, -0.2) is 0 Å². The molecule has 2 heterocycles. The smallest absolute Gasteiger partial charge is 0.257 e. The Labute approximate surface area is 132 Å². The minimum Gasteiger partial charge on any atom is -0.493 e. The van der Waals surface area contributed by atoms with E-state index >= 15 is 0 Å². The Balaban J connectivity index is 1.91. The molecule has 0 aliphatic carbocycles. The third kappa shape index (κ3) is 2.87. The van der Waals surface area contributed by atoms with Crippen molar-refractivity contribution in [1.82, 2.24) is 15.5 Å². The molecule has 1 aromatic carbocycles. The van der Waals surface area contributed by atoms with Crippen molar-refractivity contribution in [3.63, 3.8) is 0 Å². The SMILES string of the molecule is COc1cc(-c2noc(C3CNCCO3)n2)cc(Cl)c1OC. The summed E-state index contributed by atoms with van der Waals surface area (Å²) in [4.78, 5) is 4.38. The topological polar surface area (TPSA) is 78.6 Å². The van der Waals surface area contributed by atoms with Crippen molar-refractivity contribution in [2.24, 2.45) is 0 Å². The first-order valence-electron chi connectivity index (χ1n) is 6.80. The normalized spacial score (nSPS) is 18.2. The maximum Gasteiger partial charge on any atom is 0.257 e. The molecule has 1 aliphatic heterocycles. The molecular weight excluding hydrogens is 310 g/mol. The molecule has 0 amide bonds. The first kappa shape index (κ1) is 15.1. The number of ether oxygens (including phenoxy) is 3. The van der Waals surface area contributed by atoms with Crippen LogP contribution in [0.4, 0.5) is 0 Å². The summed E-state index contributed by atoms with van der Waals surface area (Å²) in [6.45, 7) is 2.08. The average molecular weight is 326 g/mol. The number of nitrogens with zero attached hydrogens (tertiary/aromatic N) is 2. The highest BCUT2D eigenvalue weighted by Gasteiger charge is 2.23. The summed E-state index contributed by atoms with van der Waals surface area (Å²) >= 11 is 6.19. The van der Waals surface area contributed by atoms with Gasteiger partial charge in [0, 0.05) is 18.7 Å². The lowest BCUT2D eigenvalue weighted by molar-refractivity contribution is 0.00755. The van der Waals surface area contributed by atoms with Gasteiger partial charge in [0.2, 0.25) is 5.82 Å². The minimum atomic E-state index is -0.231. The molecule has 2 aromatic rings. The largest absolute Gasteiger partial charge is 0.493 e. The maximum atomic E-state index is 6.19. The molecule has 22 heavy (non-hydrogen) atoms. The van der Waals surface area contributed by atoms with Gasteiger partial charge in [-0.15, -0.1) is 0 Å². The number of rotatable bonds is 4. The first-order valence-corrected chi connectivity index (χ1v) is 7.18. The third-order valence-corrected chi connectivity index (χ3v) is 3.62. The van der Waals surface area contributed by atoms with E-state index in [1.54, 1.807) is 19.2 Å². The molecular formula is C14H16ClN3O4. The molecule has 1 fully saturated rings. The average Bonchev–Trinajstić information content (AvgIpc) is 3.05. The second-order valence-electron chi connectivity index (χ2n) is 4.71. The number of hydrogen-bond donors (Lipinski definition) is 1. The van der Waals surface area contributed by atoms with Crippen molar-refractivity contribution >= 4 is 11.6 Å². The van der Waals surface area contributed by atoms with Crippen LogP contribution in [-0.4, -0.2) is 44.1 Å².